The number of hydrogen-bond acceptors (Lipinski definition) is 3. The van der Waals surface area contributed by atoms with E-state index in [1.807, 2.05) is 0 Å². The zero-order chi connectivity index (χ0) is 15.1. The Labute approximate surface area is 124 Å². The van der Waals surface area contributed by atoms with Crippen LogP contribution in [0.15, 0.2) is 12.1 Å². The van der Waals surface area contributed by atoms with E-state index in [0.717, 1.165) is 31.1 Å². The van der Waals surface area contributed by atoms with Crippen molar-refractivity contribution in [3.8, 4) is 5.88 Å². The molecule has 0 saturated heterocycles. The van der Waals surface area contributed by atoms with Crippen molar-refractivity contribution in [1.82, 2.24) is 10.3 Å². The van der Waals surface area contributed by atoms with Gasteiger partial charge in [-0.05, 0) is 43.4 Å². The second-order valence-corrected chi connectivity index (χ2v) is 6.25. The summed E-state index contributed by atoms with van der Waals surface area (Å²) in [5.41, 5.74) is 2.36. The Balaban J connectivity index is 2.81. The van der Waals surface area contributed by atoms with Crippen LogP contribution in [0.3, 0.4) is 0 Å². The molecular formula is C17H30N2O. The predicted molar refractivity (Wildman–Crippen MR) is 85.3 cm³/mol. The lowest BCUT2D eigenvalue weighted by atomic mass is 10.1. The van der Waals surface area contributed by atoms with E-state index in [2.05, 4.69) is 64.0 Å². The van der Waals surface area contributed by atoms with Gasteiger partial charge in [-0.3, -0.25) is 0 Å². The maximum Gasteiger partial charge on any atom is 0.214 e. The molecule has 0 bridgehead atoms. The normalized spacial score (nSPS) is 13.0. The van der Waals surface area contributed by atoms with Crippen LogP contribution in [0, 0.1) is 5.92 Å². The molecule has 1 heterocycles. The lowest BCUT2D eigenvalue weighted by molar-refractivity contribution is 0.207. The van der Waals surface area contributed by atoms with E-state index in [9.17, 15) is 0 Å². The minimum absolute atomic E-state index is 0.210. The monoisotopic (exact) mass is 278 g/mol. The van der Waals surface area contributed by atoms with E-state index in [1.54, 1.807) is 0 Å². The molecule has 20 heavy (non-hydrogen) atoms. The van der Waals surface area contributed by atoms with Crippen LogP contribution in [0.25, 0.3) is 0 Å². The summed E-state index contributed by atoms with van der Waals surface area (Å²) in [6, 6.07) is 4.24. The molecule has 3 heteroatoms. The van der Waals surface area contributed by atoms with Crippen LogP contribution in [-0.4, -0.2) is 17.6 Å². The molecule has 0 fully saturated rings. The van der Waals surface area contributed by atoms with Crippen molar-refractivity contribution in [3.63, 3.8) is 0 Å². The number of nitrogens with zero attached hydrogens (tertiary/aromatic N) is 1. The zero-order valence-electron chi connectivity index (χ0n) is 13.9. The highest BCUT2D eigenvalue weighted by atomic mass is 16.5. The first-order valence-corrected chi connectivity index (χ1v) is 7.80. The molecular weight excluding hydrogens is 248 g/mol. The van der Waals surface area contributed by atoms with E-state index < -0.39 is 0 Å². The van der Waals surface area contributed by atoms with Crippen LogP contribution in [0.1, 0.15) is 65.1 Å². The molecule has 1 unspecified atom stereocenters. The molecule has 114 valence electrons. The highest BCUT2D eigenvalue weighted by molar-refractivity contribution is 5.26. The maximum absolute atomic E-state index is 5.88. The Bertz CT molecular complexity index is 402. The van der Waals surface area contributed by atoms with Gasteiger partial charge in [-0.15, -0.1) is 0 Å². The van der Waals surface area contributed by atoms with Gasteiger partial charge in [-0.25, -0.2) is 4.98 Å². The van der Waals surface area contributed by atoms with Crippen LogP contribution in [0.5, 0.6) is 5.88 Å². The van der Waals surface area contributed by atoms with Crippen LogP contribution in [-0.2, 0) is 6.54 Å². The first-order chi connectivity index (χ1) is 9.42. The first kappa shape index (κ1) is 17.0. The average molecular weight is 278 g/mol. The number of ether oxygens (including phenoxy) is 1. The fourth-order valence-corrected chi connectivity index (χ4v) is 1.83. The van der Waals surface area contributed by atoms with E-state index >= 15 is 0 Å². The van der Waals surface area contributed by atoms with Crippen LogP contribution in [0.2, 0.25) is 0 Å². The summed E-state index contributed by atoms with van der Waals surface area (Å²) >= 11 is 0. The topological polar surface area (TPSA) is 34.1 Å². The second-order valence-electron chi connectivity index (χ2n) is 6.25. The highest BCUT2D eigenvalue weighted by Crippen LogP contribution is 2.20. The van der Waals surface area contributed by atoms with Gasteiger partial charge in [0.2, 0.25) is 5.88 Å². The molecule has 1 aromatic rings. The van der Waals surface area contributed by atoms with E-state index in [0.29, 0.717) is 11.8 Å². The van der Waals surface area contributed by atoms with Gasteiger partial charge in [0.25, 0.3) is 0 Å². The van der Waals surface area contributed by atoms with Gasteiger partial charge in [-0.2, -0.15) is 0 Å². The minimum atomic E-state index is 0.210. The summed E-state index contributed by atoms with van der Waals surface area (Å²) in [6.07, 6.45) is 1.20. The first-order valence-electron chi connectivity index (χ1n) is 7.80. The Morgan fingerprint density at radius 3 is 2.40 bits per heavy atom. The smallest absolute Gasteiger partial charge is 0.214 e. The minimum Gasteiger partial charge on any atom is -0.475 e. The van der Waals surface area contributed by atoms with Crippen LogP contribution >= 0.6 is 0 Å². The molecule has 0 radical (unpaired) electrons. The van der Waals surface area contributed by atoms with Crippen molar-refractivity contribution >= 4 is 0 Å². The van der Waals surface area contributed by atoms with Crippen molar-refractivity contribution < 1.29 is 4.74 Å². The summed E-state index contributed by atoms with van der Waals surface area (Å²) < 4.78 is 5.88. The summed E-state index contributed by atoms with van der Waals surface area (Å²) in [5.74, 6) is 1.84. The quantitative estimate of drug-likeness (QED) is 0.776. The van der Waals surface area contributed by atoms with Gasteiger partial charge in [-0.1, -0.05) is 34.6 Å². The lowest BCUT2D eigenvalue weighted by Gasteiger charge is -2.16. The van der Waals surface area contributed by atoms with E-state index in [4.69, 9.17) is 4.74 Å². The fourth-order valence-electron chi connectivity index (χ4n) is 1.83. The summed E-state index contributed by atoms with van der Waals surface area (Å²) in [6.45, 7) is 14.9. The van der Waals surface area contributed by atoms with Crippen molar-refractivity contribution in [3.05, 3.63) is 23.4 Å². The summed E-state index contributed by atoms with van der Waals surface area (Å²) in [5, 5.41) is 3.48. The van der Waals surface area contributed by atoms with Crippen LogP contribution in [0.4, 0.5) is 0 Å². The van der Waals surface area contributed by atoms with E-state index in [1.165, 1.54) is 5.56 Å². The molecule has 0 aliphatic rings. The Morgan fingerprint density at radius 1 is 1.15 bits per heavy atom. The number of rotatable bonds is 8. The molecule has 1 atom stereocenters. The Morgan fingerprint density at radius 2 is 1.85 bits per heavy atom. The highest BCUT2D eigenvalue weighted by Gasteiger charge is 2.09. The van der Waals surface area contributed by atoms with Gasteiger partial charge in [0.15, 0.2) is 0 Å². The van der Waals surface area contributed by atoms with Gasteiger partial charge in [0.05, 0.1) is 6.10 Å². The van der Waals surface area contributed by atoms with E-state index in [-0.39, 0.29) is 6.10 Å². The third kappa shape index (κ3) is 5.91. The summed E-state index contributed by atoms with van der Waals surface area (Å²) in [7, 11) is 0. The molecule has 1 N–H and O–H groups in total. The molecule has 0 aromatic carbocycles. The zero-order valence-corrected chi connectivity index (χ0v) is 13.9. The molecule has 0 saturated carbocycles. The molecule has 0 aliphatic heterocycles. The largest absolute Gasteiger partial charge is 0.475 e. The SMILES string of the molecule is CCC(C)Oc1cc(CNCC(C)C)cc(C(C)C)n1. The lowest BCUT2D eigenvalue weighted by Crippen LogP contribution is -2.19. The molecule has 0 amide bonds. The van der Waals surface area contributed by atoms with Crippen LogP contribution < -0.4 is 10.1 Å². The second kappa shape index (κ2) is 8.25. The predicted octanol–water partition coefficient (Wildman–Crippen LogP) is 4.13. The van der Waals surface area contributed by atoms with Crippen molar-refractivity contribution in [2.24, 2.45) is 5.92 Å². The molecule has 3 nitrogen and oxygen atoms in total. The summed E-state index contributed by atoms with van der Waals surface area (Å²) in [4.78, 5) is 4.61. The van der Waals surface area contributed by atoms with Gasteiger partial charge >= 0.3 is 0 Å². The maximum atomic E-state index is 5.88. The molecule has 0 spiro atoms. The number of nitrogens with one attached hydrogen (secondary N) is 1. The van der Waals surface area contributed by atoms with Gasteiger partial charge in [0, 0.05) is 18.3 Å². The Kier molecular flexibility index (Phi) is 7.00. The third-order valence-electron chi connectivity index (χ3n) is 3.25. The third-order valence-corrected chi connectivity index (χ3v) is 3.25. The molecule has 1 rings (SSSR count). The molecule has 1 aromatic heterocycles. The molecule has 0 aliphatic carbocycles. The van der Waals surface area contributed by atoms with Crippen molar-refractivity contribution in [2.45, 2.75) is 66.5 Å². The fraction of sp³-hybridized carbons (Fsp3) is 0.706. The van der Waals surface area contributed by atoms with Crippen molar-refractivity contribution in [2.75, 3.05) is 6.54 Å². The standard InChI is InChI=1S/C17H30N2O/c1-7-14(6)20-17-9-15(11-18-10-12(2)3)8-16(19-17)13(4)5/h8-9,12-14,18H,7,10-11H2,1-6H3. The number of aromatic nitrogens is 1. The number of pyridine rings is 1. The van der Waals surface area contributed by atoms with Crippen molar-refractivity contribution in [1.29, 1.82) is 0 Å². The average Bonchev–Trinajstić information content (AvgIpc) is 2.37. The van der Waals surface area contributed by atoms with Gasteiger partial charge < -0.3 is 10.1 Å². The van der Waals surface area contributed by atoms with Gasteiger partial charge in [0.1, 0.15) is 0 Å². The number of hydrogen-bond donors (Lipinski definition) is 1. The Hall–Kier alpha value is -1.09.